The van der Waals surface area contributed by atoms with E-state index in [9.17, 15) is 13.2 Å². The van der Waals surface area contributed by atoms with Gasteiger partial charge in [0.1, 0.15) is 5.01 Å². The number of nitrogens with one attached hydrogen (secondary N) is 1. The second kappa shape index (κ2) is 6.66. The molecule has 24 heavy (non-hydrogen) atoms. The number of carbonyl (C=O) groups is 1. The van der Waals surface area contributed by atoms with Crippen LogP contribution < -0.4 is 5.32 Å². The first kappa shape index (κ1) is 19.2. The summed E-state index contributed by atoms with van der Waals surface area (Å²) in [5.74, 6) is -0.620. The fourth-order valence-electron chi connectivity index (χ4n) is 2.05. The lowest BCUT2D eigenvalue weighted by molar-refractivity contribution is -0.118. The minimum Gasteiger partial charge on any atom is -0.379 e. The van der Waals surface area contributed by atoms with Crippen LogP contribution in [0.1, 0.15) is 39.6 Å². The third-order valence-corrected chi connectivity index (χ3v) is 7.57. The van der Waals surface area contributed by atoms with Crippen LogP contribution in [-0.4, -0.2) is 59.9 Å². The SMILES string of the molecule is CC(C)(C)c1nnc(NC(=O)C(C)(C)S(=O)(=O)N2CCOCC2)s1. The summed E-state index contributed by atoms with van der Waals surface area (Å²) in [6.07, 6.45) is 0. The van der Waals surface area contributed by atoms with E-state index in [2.05, 4.69) is 15.5 Å². The summed E-state index contributed by atoms with van der Waals surface area (Å²) in [7, 11) is -3.80. The highest BCUT2D eigenvalue weighted by Crippen LogP contribution is 2.29. The molecule has 2 rings (SSSR count). The Morgan fingerprint density at radius 3 is 2.25 bits per heavy atom. The molecule has 1 N–H and O–H groups in total. The average molecular weight is 377 g/mol. The summed E-state index contributed by atoms with van der Waals surface area (Å²) in [6, 6.07) is 0. The van der Waals surface area contributed by atoms with E-state index < -0.39 is 20.7 Å². The molecule has 0 aliphatic carbocycles. The molecule has 0 unspecified atom stereocenters. The van der Waals surface area contributed by atoms with Crippen molar-refractivity contribution < 1.29 is 17.9 Å². The van der Waals surface area contributed by atoms with Gasteiger partial charge in [0.2, 0.25) is 21.1 Å². The summed E-state index contributed by atoms with van der Waals surface area (Å²) in [6.45, 7) is 9.96. The van der Waals surface area contributed by atoms with E-state index in [1.54, 1.807) is 0 Å². The maximum atomic E-state index is 12.8. The van der Waals surface area contributed by atoms with E-state index >= 15 is 0 Å². The third kappa shape index (κ3) is 3.76. The quantitative estimate of drug-likeness (QED) is 0.848. The van der Waals surface area contributed by atoms with Crippen molar-refractivity contribution in [2.75, 3.05) is 31.6 Å². The first-order valence-corrected chi connectivity index (χ1v) is 9.95. The Morgan fingerprint density at radius 1 is 1.17 bits per heavy atom. The van der Waals surface area contributed by atoms with Gasteiger partial charge >= 0.3 is 0 Å². The van der Waals surface area contributed by atoms with E-state index in [1.807, 2.05) is 20.8 Å². The lowest BCUT2D eigenvalue weighted by Gasteiger charge is -2.33. The smallest absolute Gasteiger partial charge is 0.248 e. The number of anilines is 1. The molecule has 2 heterocycles. The normalized spacial score (nSPS) is 17.7. The summed E-state index contributed by atoms with van der Waals surface area (Å²) in [5, 5.41) is 11.7. The number of rotatable bonds is 4. The van der Waals surface area contributed by atoms with Crippen LogP contribution in [0.3, 0.4) is 0 Å². The fourth-order valence-corrected chi connectivity index (χ4v) is 4.41. The second-order valence-electron chi connectivity index (χ2n) is 7.14. The van der Waals surface area contributed by atoms with Crippen molar-refractivity contribution in [3.63, 3.8) is 0 Å². The van der Waals surface area contributed by atoms with E-state index in [0.717, 1.165) is 5.01 Å². The maximum absolute atomic E-state index is 12.8. The van der Waals surface area contributed by atoms with Crippen molar-refractivity contribution in [1.82, 2.24) is 14.5 Å². The minimum absolute atomic E-state index is 0.184. The Hall–Kier alpha value is -1.10. The first-order chi connectivity index (χ1) is 11.0. The van der Waals surface area contributed by atoms with E-state index in [1.165, 1.54) is 29.5 Å². The van der Waals surface area contributed by atoms with Gasteiger partial charge in [0.05, 0.1) is 13.2 Å². The van der Waals surface area contributed by atoms with Crippen LogP contribution in [0.15, 0.2) is 0 Å². The Morgan fingerprint density at radius 2 is 1.75 bits per heavy atom. The van der Waals surface area contributed by atoms with E-state index in [-0.39, 0.29) is 18.5 Å². The van der Waals surface area contributed by atoms with Gasteiger partial charge in [-0.25, -0.2) is 8.42 Å². The number of morpholine rings is 1. The molecule has 0 bridgehead atoms. The predicted molar refractivity (Wildman–Crippen MR) is 92.6 cm³/mol. The molecule has 0 aromatic carbocycles. The maximum Gasteiger partial charge on any atom is 0.248 e. The monoisotopic (exact) mass is 376 g/mol. The lowest BCUT2D eigenvalue weighted by Crippen LogP contribution is -2.54. The number of hydrogen-bond acceptors (Lipinski definition) is 7. The van der Waals surface area contributed by atoms with E-state index in [4.69, 9.17) is 4.74 Å². The van der Waals surface area contributed by atoms with Crippen LogP contribution in [0.2, 0.25) is 0 Å². The van der Waals surface area contributed by atoms with Crippen LogP contribution in [0.5, 0.6) is 0 Å². The Labute approximate surface area is 146 Å². The number of aromatic nitrogens is 2. The van der Waals surface area contributed by atoms with Crippen molar-refractivity contribution in [2.24, 2.45) is 0 Å². The van der Waals surface area contributed by atoms with Gasteiger partial charge in [-0.2, -0.15) is 4.31 Å². The van der Waals surface area contributed by atoms with Gasteiger partial charge in [-0.05, 0) is 13.8 Å². The molecule has 0 saturated carbocycles. The largest absolute Gasteiger partial charge is 0.379 e. The Balaban J connectivity index is 2.16. The summed E-state index contributed by atoms with van der Waals surface area (Å²) < 4.78 is 30.4. The number of nitrogens with zero attached hydrogens (tertiary/aromatic N) is 3. The molecular formula is C14H24N4O4S2. The van der Waals surface area contributed by atoms with Crippen molar-refractivity contribution in [3.8, 4) is 0 Å². The highest BCUT2D eigenvalue weighted by Gasteiger charge is 2.46. The van der Waals surface area contributed by atoms with Crippen molar-refractivity contribution >= 4 is 32.4 Å². The molecule has 1 amide bonds. The minimum atomic E-state index is -3.80. The molecule has 1 saturated heterocycles. The number of sulfonamides is 1. The van der Waals surface area contributed by atoms with E-state index in [0.29, 0.717) is 18.3 Å². The van der Waals surface area contributed by atoms with Crippen molar-refractivity contribution in [1.29, 1.82) is 0 Å². The summed E-state index contributed by atoms with van der Waals surface area (Å²) in [5.41, 5.74) is -0.184. The molecular weight excluding hydrogens is 352 g/mol. The molecule has 0 atom stereocenters. The first-order valence-electron chi connectivity index (χ1n) is 7.69. The zero-order valence-electron chi connectivity index (χ0n) is 14.6. The van der Waals surface area contributed by atoms with Gasteiger partial charge in [0.15, 0.2) is 4.75 Å². The Kier molecular flexibility index (Phi) is 5.34. The molecule has 1 aromatic rings. The topological polar surface area (TPSA) is 101 Å². The van der Waals surface area contributed by atoms with Gasteiger partial charge < -0.3 is 4.74 Å². The van der Waals surface area contributed by atoms with Crippen molar-refractivity contribution in [2.45, 2.75) is 44.8 Å². The number of hydrogen-bond donors (Lipinski definition) is 1. The second-order valence-corrected chi connectivity index (χ2v) is 10.6. The van der Waals surface area contributed by atoms with Crippen LogP contribution in [0.4, 0.5) is 5.13 Å². The number of amides is 1. The molecule has 1 aliphatic heterocycles. The summed E-state index contributed by atoms with van der Waals surface area (Å²) >= 11 is 1.25. The molecule has 1 fully saturated rings. The highest BCUT2D eigenvalue weighted by atomic mass is 32.2. The molecule has 0 spiro atoms. The highest BCUT2D eigenvalue weighted by molar-refractivity contribution is 7.91. The molecule has 0 radical (unpaired) electrons. The van der Waals surface area contributed by atoms with Crippen LogP contribution in [0, 0.1) is 0 Å². The molecule has 10 heteroatoms. The van der Waals surface area contributed by atoms with Gasteiger partial charge in [-0.3, -0.25) is 10.1 Å². The molecule has 1 aromatic heterocycles. The number of carbonyl (C=O) groups excluding carboxylic acids is 1. The van der Waals surface area contributed by atoms with Crippen LogP contribution in [-0.2, 0) is 25.0 Å². The van der Waals surface area contributed by atoms with Crippen molar-refractivity contribution in [3.05, 3.63) is 5.01 Å². The molecule has 1 aliphatic rings. The fraction of sp³-hybridized carbons (Fsp3) is 0.786. The van der Waals surface area contributed by atoms with Gasteiger partial charge in [-0.15, -0.1) is 10.2 Å². The van der Waals surface area contributed by atoms with Gasteiger partial charge in [0.25, 0.3) is 0 Å². The van der Waals surface area contributed by atoms with Crippen LogP contribution in [0.25, 0.3) is 0 Å². The van der Waals surface area contributed by atoms with Gasteiger partial charge in [-0.1, -0.05) is 32.1 Å². The lowest BCUT2D eigenvalue weighted by atomic mass is 9.98. The van der Waals surface area contributed by atoms with Crippen LogP contribution >= 0.6 is 11.3 Å². The number of ether oxygens (including phenoxy) is 1. The average Bonchev–Trinajstić information content (AvgIpc) is 2.96. The molecule has 8 nitrogen and oxygen atoms in total. The summed E-state index contributed by atoms with van der Waals surface area (Å²) in [4.78, 5) is 12.6. The standard InChI is InChI=1S/C14H24N4O4S2/c1-13(2,3)11-16-17-12(23-11)15-10(19)14(4,5)24(20,21)18-6-8-22-9-7-18/h6-9H2,1-5H3,(H,15,17,19). The third-order valence-electron chi connectivity index (χ3n) is 3.79. The predicted octanol–water partition coefficient (Wildman–Crippen LogP) is 1.21. The zero-order valence-corrected chi connectivity index (χ0v) is 16.3. The Bertz CT molecular complexity index is 701. The van der Waals surface area contributed by atoms with Gasteiger partial charge in [0, 0.05) is 18.5 Å². The molecule has 136 valence electrons. The zero-order chi connectivity index (χ0) is 18.2.